The first-order valence-corrected chi connectivity index (χ1v) is 8.98. The lowest BCUT2D eigenvalue weighted by atomic mass is 10.0. The lowest BCUT2D eigenvalue weighted by Crippen LogP contribution is -2.32. The number of rotatable bonds is 2. The number of ketones is 1. The van der Waals surface area contributed by atoms with Crippen LogP contribution in [0.5, 0.6) is 11.5 Å². The summed E-state index contributed by atoms with van der Waals surface area (Å²) in [6.45, 7) is -0.0764. The summed E-state index contributed by atoms with van der Waals surface area (Å²) in [6.07, 6.45) is -3.58. The van der Waals surface area contributed by atoms with Crippen LogP contribution >= 0.6 is 0 Å². The number of halogens is 3. The number of aromatic hydroxyl groups is 1. The van der Waals surface area contributed by atoms with Crippen molar-refractivity contribution in [2.75, 3.05) is 6.61 Å². The number of benzene rings is 1. The van der Waals surface area contributed by atoms with Crippen molar-refractivity contribution in [2.45, 2.75) is 44.3 Å². The molecule has 3 atom stereocenters. The monoisotopic (exact) mass is 430 g/mol. The minimum absolute atomic E-state index is 0.0232. The molecule has 0 spiro atoms. The minimum Gasteiger partial charge on any atom is -0.507 e. The molecule has 1 aromatic rings. The fourth-order valence-electron chi connectivity index (χ4n) is 2.64. The molecule has 0 aliphatic carbocycles. The average molecular weight is 430 g/mol. The van der Waals surface area contributed by atoms with Crippen molar-refractivity contribution in [3.05, 3.63) is 41.5 Å². The number of alkyl halides is 3. The van der Waals surface area contributed by atoms with Gasteiger partial charge in [-0.1, -0.05) is 18.2 Å². The normalized spacial score (nSPS) is 25.6. The molecule has 0 fully saturated rings. The Kier molecular flexibility index (Phi) is 7.63. The molecule has 1 heterocycles. The molecule has 10 heteroatoms. The minimum atomic E-state index is -4.60. The standard InChI is InChI=1S/C20H21F3O7/c1-11-4-2-6-14(24)18(27)15(25)7-3-5-12-8-13(29-10-20(21,22)23)9-16(26)17(12)19(28)30-11/h2-3,5-6,8-9,11,15,18,25-27H,4,7,10H2,1H3/b5-3+,6-2-/t11?,15?,18-/m1/s1. The number of aliphatic hydroxyl groups excluding tert-OH is 2. The van der Waals surface area contributed by atoms with Gasteiger partial charge in [0.2, 0.25) is 0 Å². The molecule has 3 N–H and O–H groups in total. The Morgan fingerprint density at radius 3 is 2.47 bits per heavy atom. The predicted molar refractivity (Wildman–Crippen MR) is 99.0 cm³/mol. The van der Waals surface area contributed by atoms with Crippen molar-refractivity contribution in [3.63, 3.8) is 0 Å². The highest BCUT2D eigenvalue weighted by Gasteiger charge is 2.29. The molecule has 30 heavy (non-hydrogen) atoms. The second kappa shape index (κ2) is 9.77. The van der Waals surface area contributed by atoms with Gasteiger partial charge in [0.15, 0.2) is 12.4 Å². The molecule has 0 bridgehead atoms. The maximum Gasteiger partial charge on any atom is 0.422 e. The molecule has 1 aliphatic rings. The van der Waals surface area contributed by atoms with Gasteiger partial charge in [0.05, 0.1) is 6.10 Å². The van der Waals surface area contributed by atoms with Crippen LogP contribution in [0.25, 0.3) is 6.08 Å². The Morgan fingerprint density at radius 2 is 1.80 bits per heavy atom. The third kappa shape index (κ3) is 6.60. The number of cyclic esters (lactones) is 1. The van der Waals surface area contributed by atoms with Crippen LogP contribution in [0, 0.1) is 0 Å². The molecule has 2 unspecified atom stereocenters. The van der Waals surface area contributed by atoms with Gasteiger partial charge in [0.1, 0.15) is 29.3 Å². The highest BCUT2D eigenvalue weighted by Crippen LogP contribution is 2.31. The Labute approximate surface area is 170 Å². The van der Waals surface area contributed by atoms with Gasteiger partial charge in [-0.2, -0.15) is 13.2 Å². The summed E-state index contributed by atoms with van der Waals surface area (Å²) in [7, 11) is 0. The number of carbonyl (C=O) groups excluding carboxylic acids is 2. The van der Waals surface area contributed by atoms with Crippen molar-refractivity contribution in [2.24, 2.45) is 0 Å². The third-order valence-corrected chi connectivity index (χ3v) is 4.12. The molecule has 164 valence electrons. The van der Waals surface area contributed by atoms with Gasteiger partial charge in [-0.05, 0) is 31.1 Å². The fraction of sp³-hybridized carbons (Fsp3) is 0.400. The number of esters is 1. The number of aliphatic hydroxyl groups is 2. The molecular weight excluding hydrogens is 409 g/mol. The molecule has 1 aromatic carbocycles. The van der Waals surface area contributed by atoms with Gasteiger partial charge in [0, 0.05) is 12.5 Å². The van der Waals surface area contributed by atoms with Gasteiger partial charge in [-0.15, -0.1) is 0 Å². The summed E-state index contributed by atoms with van der Waals surface area (Å²) < 4.78 is 47.1. The summed E-state index contributed by atoms with van der Waals surface area (Å²) in [5.41, 5.74) is -0.324. The molecule has 1 aliphatic heterocycles. The van der Waals surface area contributed by atoms with Gasteiger partial charge in [-0.3, -0.25) is 4.79 Å². The molecule has 0 radical (unpaired) electrons. The smallest absolute Gasteiger partial charge is 0.422 e. The summed E-state index contributed by atoms with van der Waals surface area (Å²) in [4.78, 5) is 24.3. The molecular formula is C20H21F3O7. The van der Waals surface area contributed by atoms with Crippen LogP contribution in [-0.4, -0.2) is 58.2 Å². The number of hydrogen-bond donors (Lipinski definition) is 3. The maximum atomic E-state index is 12.5. The summed E-state index contributed by atoms with van der Waals surface area (Å²) in [6, 6.07) is 1.97. The predicted octanol–water partition coefficient (Wildman–Crippen LogP) is 2.53. The van der Waals surface area contributed by atoms with E-state index in [1.165, 1.54) is 25.2 Å². The molecule has 2 rings (SSSR count). The first-order valence-electron chi connectivity index (χ1n) is 8.98. The van der Waals surface area contributed by atoms with Crippen molar-refractivity contribution in [3.8, 4) is 11.5 Å². The van der Waals surface area contributed by atoms with Crippen molar-refractivity contribution >= 4 is 17.8 Å². The molecule has 7 nitrogen and oxygen atoms in total. The van der Waals surface area contributed by atoms with E-state index in [1.54, 1.807) is 0 Å². The zero-order valence-electron chi connectivity index (χ0n) is 15.9. The number of phenols is 1. The lowest BCUT2D eigenvalue weighted by molar-refractivity contribution is -0.153. The molecule has 0 saturated heterocycles. The topological polar surface area (TPSA) is 113 Å². The second-order valence-electron chi connectivity index (χ2n) is 6.72. The number of phenolic OH excluding ortho intramolecular Hbond substituents is 1. The van der Waals surface area contributed by atoms with Gasteiger partial charge in [-0.25, -0.2) is 4.79 Å². The van der Waals surface area contributed by atoms with Crippen molar-refractivity contribution < 1.29 is 47.6 Å². The van der Waals surface area contributed by atoms with Crippen LogP contribution in [0.3, 0.4) is 0 Å². The maximum absolute atomic E-state index is 12.5. The van der Waals surface area contributed by atoms with Crippen LogP contribution in [0.1, 0.15) is 35.7 Å². The summed E-state index contributed by atoms with van der Waals surface area (Å²) in [5, 5.41) is 30.0. The number of hydrogen-bond acceptors (Lipinski definition) is 7. The Morgan fingerprint density at radius 1 is 1.13 bits per heavy atom. The Balaban J connectivity index is 2.43. The number of ether oxygens (including phenoxy) is 2. The summed E-state index contributed by atoms with van der Waals surface area (Å²) in [5.74, 6) is -2.65. The van der Waals surface area contributed by atoms with E-state index in [2.05, 4.69) is 4.74 Å². The van der Waals surface area contributed by atoms with E-state index in [4.69, 9.17) is 4.74 Å². The molecule has 0 saturated carbocycles. The molecule has 0 aromatic heterocycles. The van der Waals surface area contributed by atoms with Crippen LogP contribution in [0.4, 0.5) is 13.2 Å². The first kappa shape index (κ1) is 23.4. The number of carbonyl (C=O) groups is 2. The van der Waals surface area contributed by atoms with Gasteiger partial charge in [0.25, 0.3) is 0 Å². The highest BCUT2D eigenvalue weighted by molar-refractivity contribution is 5.97. The van der Waals surface area contributed by atoms with E-state index in [-0.39, 0.29) is 29.7 Å². The second-order valence-corrected chi connectivity index (χ2v) is 6.72. The van der Waals surface area contributed by atoms with E-state index in [0.717, 1.165) is 18.2 Å². The van der Waals surface area contributed by atoms with Crippen LogP contribution in [0.2, 0.25) is 0 Å². The van der Waals surface area contributed by atoms with E-state index in [1.807, 2.05) is 0 Å². The van der Waals surface area contributed by atoms with E-state index >= 15 is 0 Å². The Hall–Kier alpha value is -2.85. The molecule has 0 amide bonds. The lowest BCUT2D eigenvalue weighted by Gasteiger charge is -2.17. The summed E-state index contributed by atoms with van der Waals surface area (Å²) >= 11 is 0. The largest absolute Gasteiger partial charge is 0.507 e. The van der Waals surface area contributed by atoms with E-state index in [0.29, 0.717) is 0 Å². The van der Waals surface area contributed by atoms with Crippen LogP contribution < -0.4 is 4.74 Å². The van der Waals surface area contributed by atoms with E-state index in [9.17, 15) is 38.1 Å². The number of fused-ring (bicyclic) bond motifs is 1. The van der Waals surface area contributed by atoms with E-state index < -0.39 is 48.6 Å². The van der Waals surface area contributed by atoms with Crippen LogP contribution in [-0.2, 0) is 9.53 Å². The highest BCUT2D eigenvalue weighted by atomic mass is 19.4. The average Bonchev–Trinajstić information content (AvgIpc) is 2.63. The van der Waals surface area contributed by atoms with Crippen molar-refractivity contribution in [1.82, 2.24) is 0 Å². The Bertz CT molecular complexity index is 846. The van der Waals surface area contributed by atoms with Crippen molar-refractivity contribution in [1.29, 1.82) is 0 Å². The van der Waals surface area contributed by atoms with Gasteiger partial charge >= 0.3 is 12.1 Å². The SMILES string of the molecule is CC1C/C=C\C(=O)[C@@H](O)C(O)C/C=C/c2cc(OCC(F)(F)F)cc(O)c2C(=O)O1. The zero-order chi connectivity index (χ0) is 22.5. The third-order valence-electron chi connectivity index (χ3n) is 4.12. The first-order chi connectivity index (χ1) is 14.0. The van der Waals surface area contributed by atoms with Gasteiger partial charge < -0.3 is 24.8 Å². The zero-order valence-corrected chi connectivity index (χ0v) is 15.9. The quantitative estimate of drug-likeness (QED) is 0.618. The fourth-order valence-corrected chi connectivity index (χ4v) is 2.64. The van der Waals surface area contributed by atoms with Crippen LogP contribution in [0.15, 0.2) is 30.4 Å².